The third-order valence-corrected chi connectivity index (χ3v) is 3.95. The van der Waals surface area contributed by atoms with Crippen molar-refractivity contribution in [2.24, 2.45) is 7.05 Å². The number of imide groups is 1. The van der Waals surface area contributed by atoms with Gasteiger partial charge in [0.05, 0.1) is 12.5 Å². The smallest absolute Gasteiger partial charge is 0.322 e. The standard InChI is InChI=1S/C12H15N5O3/c1-16-7-13-6-8(16)9(18)17-4-2-12(3-5-17)10(19)14-11(20)15-12/h6-7H,2-5H2,1H3,(H2,14,15,19,20). The quantitative estimate of drug-likeness (QED) is 0.659. The van der Waals surface area contributed by atoms with Gasteiger partial charge in [0.2, 0.25) is 0 Å². The number of rotatable bonds is 1. The molecule has 1 aromatic rings. The van der Waals surface area contributed by atoms with Crippen LogP contribution in [0.25, 0.3) is 0 Å². The summed E-state index contributed by atoms with van der Waals surface area (Å²) in [5, 5.41) is 4.92. The lowest BCUT2D eigenvalue weighted by Crippen LogP contribution is -2.55. The lowest BCUT2D eigenvalue weighted by Gasteiger charge is -2.36. The molecule has 0 saturated carbocycles. The highest BCUT2D eigenvalue weighted by Gasteiger charge is 2.48. The van der Waals surface area contributed by atoms with Gasteiger partial charge in [0.15, 0.2) is 0 Å². The summed E-state index contributed by atoms with van der Waals surface area (Å²) < 4.78 is 1.66. The van der Waals surface area contributed by atoms with Crippen LogP contribution < -0.4 is 10.6 Å². The van der Waals surface area contributed by atoms with Crippen molar-refractivity contribution in [2.45, 2.75) is 18.4 Å². The van der Waals surface area contributed by atoms with Gasteiger partial charge in [-0.05, 0) is 12.8 Å². The molecule has 2 N–H and O–H groups in total. The molecule has 8 nitrogen and oxygen atoms in total. The molecule has 0 bridgehead atoms. The molecule has 0 unspecified atom stereocenters. The Bertz CT molecular complexity index is 586. The van der Waals surface area contributed by atoms with Gasteiger partial charge >= 0.3 is 6.03 Å². The fraction of sp³-hybridized carbons (Fsp3) is 0.500. The van der Waals surface area contributed by atoms with E-state index < -0.39 is 11.6 Å². The van der Waals surface area contributed by atoms with Crippen molar-refractivity contribution in [1.82, 2.24) is 25.1 Å². The van der Waals surface area contributed by atoms with E-state index in [1.807, 2.05) is 0 Å². The molecule has 106 valence electrons. The third-order valence-electron chi connectivity index (χ3n) is 3.95. The number of likely N-dealkylation sites (tertiary alicyclic amines) is 1. The van der Waals surface area contributed by atoms with Crippen LogP contribution in [0.4, 0.5) is 4.79 Å². The van der Waals surface area contributed by atoms with Crippen molar-refractivity contribution >= 4 is 17.8 Å². The topological polar surface area (TPSA) is 96.3 Å². The minimum Gasteiger partial charge on any atom is -0.337 e. The van der Waals surface area contributed by atoms with Crippen molar-refractivity contribution < 1.29 is 14.4 Å². The molecule has 2 fully saturated rings. The molecule has 2 saturated heterocycles. The molecular formula is C12H15N5O3. The van der Waals surface area contributed by atoms with Gasteiger partial charge in [-0.15, -0.1) is 0 Å². The minimum atomic E-state index is -0.847. The second-order valence-electron chi connectivity index (χ2n) is 5.17. The number of nitrogens with zero attached hydrogens (tertiary/aromatic N) is 3. The molecule has 2 aliphatic rings. The maximum atomic E-state index is 12.3. The van der Waals surface area contributed by atoms with E-state index in [0.717, 1.165) is 0 Å². The predicted molar refractivity (Wildman–Crippen MR) is 67.8 cm³/mol. The number of hydrogen-bond donors (Lipinski definition) is 2. The Morgan fingerprint density at radius 3 is 2.55 bits per heavy atom. The van der Waals surface area contributed by atoms with Crippen LogP contribution >= 0.6 is 0 Å². The number of carbonyl (C=O) groups excluding carboxylic acids is 3. The summed E-state index contributed by atoms with van der Waals surface area (Å²) in [5.74, 6) is -0.403. The molecule has 3 heterocycles. The summed E-state index contributed by atoms with van der Waals surface area (Å²) in [6.07, 6.45) is 3.95. The minimum absolute atomic E-state index is 0.107. The number of imidazole rings is 1. The Balaban J connectivity index is 1.70. The summed E-state index contributed by atoms with van der Waals surface area (Å²) in [7, 11) is 1.76. The van der Waals surface area contributed by atoms with Crippen LogP contribution in [-0.2, 0) is 11.8 Å². The fourth-order valence-corrected chi connectivity index (χ4v) is 2.70. The second-order valence-corrected chi connectivity index (χ2v) is 5.17. The molecule has 2 aliphatic heterocycles. The molecule has 0 radical (unpaired) electrons. The zero-order valence-electron chi connectivity index (χ0n) is 11.0. The number of urea groups is 1. The summed E-state index contributed by atoms with van der Waals surface area (Å²) in [6.45, 7) is 0.857. The number of aryl methyl sites for hydroxylation is 1. The van der Waals surface area contributed by atoms with Gasteiger partial charge in [-0.3, -0.25) is 14.9 Å². The monoisotopic (exact) mass is 277 g/mol. The Morgan fingerprint density at radius 2 is 2.05 bits per heavy atom. The van der Waals surface area contributed by atoms with Crippen molar-refractivity contribution in [3.05, 3.63) is 18.2 Å². The molecule has 0 atom stereocenters. The van der Waals surface area contributed by atoms with E-state index in [1.165, 1.54) is 6.20 Å². The van der Waals surface area contributed by atoms with E-state index in [9.17, 15) is 14.4 Å². The van der Waals surface area contributed by atoms with Crippen LogP contribution in [0.3, 0.4) is 0 Å². The van der Waals surface area contributed by atoms with Gasteiger partial charge in [0.25, 0.3) is 11.8 Å². The van der Waals surface area contributed by atoms with Gasteiger partial charge < -0.3 is 14.8 Å². The molecule has 1 aromatic heterocycles. The van der Waals surface area contributed by atoms with Crippen LogP contribution in [0.5, 0.6) is 0 Å². The SMILES string of the molecule is Cn1cncc1C(=O)N1CCC2(CC1)NC(=O)NC2=O. The van der Waals surface area contributed by atoms with E-state index in [0.29, 0.717) is 31.6 Å². The van der Waals surface area contributed by atoms with Gasteiger partial charge in [-0.25, -0.2) is 9.78 Å². The number of aromatic nitrogens is 2. The van der Waals surface area contributed by atoms with Crippen molar-refractivity contribution in [1.29, 1.82) is 0 Å². The highest BCUT2D eigenvalue weighted by molar-refractivity contribution is 6.07. The first-order chi connectivity index (χ1) is 9.52. The molecule has 8 heteroatoms. The summed E-state index contributed by atoms with van der Waals surface area (Å²) in [6, 6.07) is -0.457. The van der Waals surface area contributed by atoms with E-state index in [1.54, 1.807) is 22.8 Å². The first-order valence-corrected chi connectivity index (χ1v) is 6.41. The van der Waals surface area contributed by atoms with E-state index in [-0.39, 0.29) is 11.8 Å². The Kier molecular flexibility index (Phi) is 2.73. The van der Waals surface area contributed by atoms with Crippen LogP contribution in [0.15, 0.2) is 12.5 Å². The number of amides is 4. The van der Waals surface area contributed by atoms with Crippen LogP contribution in [0.2, 0.25) is 0 Å². The molecular weight excluding hydrogens is 262 g/mol. The maximum Gasteiger partial charge on any atom is 0.322 e. The Morgan fingerprint density at radius 1 is 1.35 bits per heavy atom. The normalized spacial score (nSPS) is 20.9. The van der Waals surface area contributed by atoms with E-state index >= 15 is 0 Å². The highest BCUT2D eigenvalue weighted by Crippen LogP contribution is 2.26. The maximum absolute atomic E-state index is 12.3. The molecule has 1 spiro atoms. The van der Waals surface area contributed by atoms with Gasteiger partial charge in [-0.2, -0.15) is 0 Å². The first-order valence-electron chi connectivity index (χ1n) is 6.41. The fourth-order valence-electron chi connectivity index (χ4n) is 2.70. The zero-order valence-corrected chi connectivity index (χ0v) is 11.0. The van der Waals surface area contributed by atoms with Crippen LogP contribution in [0.1, 0.15) is 23.3 Å². The Hall–Kier alpha value is -2.38. The molecule has 4 amide bonds. The average Bonchev–Trinajstić information content (AvgIpc) is 2.95. The molecule has 20 heavy (non-hydrogen) atoms. The highest BCUT2D eigenvalue weighted by atomic mass is 16.2. The van der Waals surface area contributed by atoms with Crippen molar-refractivity contribution in [3.8, 4) is 0 Å². The van der Waals surface area contributed by atoms with E-state index in [2.05, 4.69) is 15.6 Å². The predicted octanol–water partition coefficient (Wildman–Crippen LogP) is -0.766. The van der Waals surface area contributed by atoms with E-state index in [4.69, 9.17) is 0 Å². The first kappa shape index (κ1) is 12.6. The summed E-state index contributed by atoms with van der Waals surface area (Å²) in [5.41, 5.74) is -0.332. The van der Waals surface area contributed by atoms with Gasteiger partial charge in [0.1, 0.15) is 11.2 Å². The number of nitrogens with one attached hydrogen (secondary N) is 2. The zero-order chi connectivity index (χ0) is 14.3. The average molecular weight is 277 g/mol. The van der Waals surface area contributed by atoms with Gasteiger partial charge in [0, 0.05) is 20.1 Å². The van der Waals surface area contributed by atoms with Crippen molar-refractivity contribution in [3.63, 3.8) is 0 Å². The molecule has 0 aliphatic carbocycles. The lowest BCUT2D eigenvalue weighted by atomic mass is 9.87. The van der Waals surface area contributed by atoms with Gasteiger partial charge in [-0.1, -0.05) is 0 Å². The van der Waals surface area contributed by atoms with Crippen LogP contribution in [-0.4, -0.2) is 50.9 Å². The largest absolute Gasteiger partial charge is 0.337 e. The van der Waals surface area contributed by atoms with Crippen LogP contribution in [0, 0.1) is 0 Å². The van der Waals surface area contributed by atoms with Crippen molar-refractivity contribution in [2.75, 3.05) is 13.1 Å². The third kappa shape index (κ3) is 1.84. The number of hydrogen-bond acceptors (Lipinski definition) is 4. The number of piperidine rings is 1. The molecule has 3 rings (SSSR count). The summed E-state index contributed by atoms with van der Waals surface area (Å²) >= 11 is 0. The number of carbonyl (C=O) groups is 3. The lowest BCUT2D eigenvalue weighted by molar-refractivity contribution is -0.125. The second kappa shape index (κ2) is 4.32. The Labute approximate surface area is 115 Å². The summed E-state index contributed by atoms with van der Waals surface area (Å²) in [4.78, 5) is 41.0. The molecule has 0 aromatic carbocycles.